The van der Waals surface area contributed by atoms with E-state index in [4.69, 9.17) is 27.9 Å². The van der Waals surface area contributed by atoms with Crippen LogP contribution in [0, 0.1) is 0 Å². The standard InChI is InChI=1S/C13H12Cl2N2O2/c1-2-19-13(18)12-9(7-14)8-16-17(12)11-5-3-10(15)4-6-11/h3-6,8H,2,7H2,1H3. The number of esters is 1. The van der Waals surface area contributed by atoms with Crippen molar-refractivity contribution in [3.05, 3.63) is 46.7 Å². The molecule has 0 atom stereocenters. The molecule has 1 aromatic heterocycles. The zero-order chi connectivity index (χ0) is 13.8. The number of carbonyl (C=O) groups is 1. The third kappa shape index (κ3) is 2.91. The van der Waals surface area contributed by atoms with Crippen molar-refractivity contribution in [2.75, 3.05) is 6.61 Å². The summed E-state index contributed by atoms with van der Waals surface area (Å²) in [6.07, 6.45) is 1.56. The van der Waals surface area contributed by atoms with Crippen LogP contribution in [0.1, 0.15) is 23.0 Å². The van der Waals surface area contributed by atoms with E-state index in [1.165, 1.54) is 4.68 Å². The highest BCUT2D eigenvalue weighted by Crippen LogP contribution is 2.19. The molecule has 0 bridgehead atoms. The minimum Gasteiger partial charge on any atom is -0.461 e. The van der Waals surface area contributed by atoms with Gasteiger partial charge in [0.25, 0.3) is 0 Å². The van der Waals surface area contributed by atoms with Gasteiger partial charge >= 0.3 is 5.97 Å². The lowest BCUT2D eigenvalue weighted by Crippen LogP contribution is -2.13. The van der Waals surface area contributed by atoms with Gasteiger partial charge in [-0.1, -0.05) is 11.6 Å². The zero-order valence-electron chi connectivity index (χ0n) is 10.3. The molecule has 0 unspecified atom stereocenters. The SMILES string of the molecule is CCOC(=O)c1c(CCl)cnn1-c1ccc(Cl)cc1. The Labute approximate surface area is 120 Å². The molecule has 2 rings (SSSR count). The summed E-state index contributed by atoms with van der Waals surface area (Å²) in [7, 11) is 0. The predicted molar refractivity (Wildman–Crippen MR) is 74.1 cm³/mol. The first-order valence-corrected chi connectivity index (χ1v) is 6.64. The third-order valence-corrected chi connectivity index (χ3v) is 3.07. The zero-order valence-corrected chi connectivity index (χ0v) is 11.8. The maximum atomic E-state index is 12.0. The Morgan fingerprint density at radius 3 is 2.63 bits per heavy atom. The Morgan fingerprint density at radius 2 is 2.05 bits per heavy atom. The molecule has 0 spiro atoms. The molecule has 0 fully saturated rings. The van der Waals surface area contributed by atoms with Gasteiger partial charge in [-0.05, 0) is 31.2 Å². The highest BCUT2D eigenvalue weighted by atomic mass is 35.5. The maximum Gasteiger partial charge on any atom is 0.357 e. The van der Waals surface area contributed by atoms with Crippen molar-refractivity contribution < 1.29 is 9.53 Å². The molecule has 0 N–H and O–H groups in total. The van der Waals surface area contributed by atoms with Crippen molar-refractivity contribution in [2.24, 2.45) is 0 Å². The summed E-state index contributed by atoms with van der Waals surface area (Å²) in [4.78, 5) is 12.0. The van der Waals surface area contributed by atoms with Crippen LogP contribution in [0.3, 0.4) is 0 Å². The molecule has 2 aromatic rings. The highest BCUT2D eigenvalue weighted by molar-refractivity contribution is 6.30. The molecular weight excluding hydrogens is 287 g/mol. The second kappa shape index (κ2) is 6.08. The molecule has 0 aliphatic heterocycles. The Bertz CT molecular complexity index is 579. The van der Waals surface area contributed by atoms with E-state index >= 15 is 0 Å². The van der Waals surface area contributed by atoms with Crippen molar-refractivity contribution in [3.63, 3.8) is 0 Å². The number of nitrogens with zero attached hydrogens (tertiary/aromatic N) is 2. The summed E-state index contributed by atoms with van der Waals surface area (Å²) in [5.74, 6) is -0.243. The Balaban J connectivity index is 2.48. The molecule has 6 heteroatoms. The molecule has 1 aromatic carbocycles. The van der Waals surface area contributed by atoms with E-state index in [1.807, 2.05) is 0 Å². The highest BCUT2D eigenvalue weighted by Gasteiger charge is 2.20. The predicted octanol–water partition coefficient (Wildman–Crippen LogP) is 3.44. The molecule has 0 radical (unpaired) electrons. The molecule has 100 valence electrons. The van der Waals surface area contributed by atoms with Gasteiger partial charge in [-0.3, -0.25) is 0 Å². The Hall–Kier alpha value is -1.52. The van der Waals surface area contributed by atoms with Crippen molar-refractivity contribution in [2.45, 2.75) is 12.8 Å². The summed E-state index contributed by atoms with van der Waals surface area (Å²) in [5.41, 5.74) is 1.71. The second-order valence-electron chi connectivity index (χ2n) is 3.76. The number of hydrogen-bond donors (Lipinski definition) is 0. The fraction of sp³-hybridized carbons (Fsp3) is 0.231. The van der Waals surface area contributed by atoms with E-state index in [-0.39, 0.29) is 5.88 Å². The van der Waals surface area contributed by atoms with Crippen LogP contribution in [0.2, 0.25) is 5.02 Å². The molecule has 1 heterocycles. The average Bonchev–Trinajstić information content (AvgIpc) is 2.83. The minimum atomic E-state index is -0.439. The molecule has 4 nitrogen and oxygen atoms in total. The number of benzene rings is 1. The lowest BCUT2D eigenvalue weighted by atomic mass is 10.2. The lowest BCUT2D eigenvalue weighted by molar-refractivity contribution is 0.0515. The largest absolute Gasteiger partial charge is 0.461 e. The molecule has 0 amide bonds. The number of rotatable bonds is 4. The minimum absolute atomic E-state index is 0.196. The van der Waals surface area contributed by atoms with E-state index in [2.05, 4.69) is 5.10 Å². The lowest BCUT2D eigenvalue weighted by Gasteiger charge is -2.08. The number of alkyl halides is 1. The Morgan fingerprint density at radius 1 is 1.37 bits per heavy atom. The number of hydrogen-bond acceptors (Lipinski definition) is 3. The van der Waals surface area contributed by atoms with Crippen molar-refractivity contribution in [3.8, 4) is 5.69 Å². The summed E-state index contributed by atoms with van der Waals surface area (Å²) in [5, 5.41) is 4.80. The van der Waals surface area contributed by atoms with Crippen molar-refractivity contribution in [1.82, 2.24) is 9.78 Å². The quantitative estimate of drug-likeness (QED) is 0.641. The molecule has 0 saturated heterocycles. The van der Waals surface area contributed by atoms with E-state index in [1.54, 1.807) is 37.4 Å². The van der Waals surface area contributed by atoms with E-state index < -0.39 is 5.97 Å². The molecule has 0 aliphatic carbocycles. The van der Waals surface area contributed by atoms with E-state index in [0.717, 1.165) is 5.69 Å². The van der Waals surface area contributed by atoms with Gasteiger partial charge in [0.05, 0.1) is 24.4 Å². The van der Waals surface area contributed by atoms with Gasteiger partial charge in [-0.2, -0.15) is 5.10 Å². The van der Waals surface area contributed by atoms with Crippen LogP contribution < -0.4 is 0 Å². The topological polar surface area (TPSA) is 44.1 Å². The van der Waals surface area contributed by atoms with Crippen LogP contribution in [-0.2, 0) is 10.6 Å². The number of carbonyl (C=O) groups excluding carboxylic acids is 1. The second-order valence-corrected chi connectivity index (χ2v) is 4.46. The monoisotopic (exact) mass is 298 g/mol. The van der Waals surface area contributed by atoms with Crippen LogP contribution in [0.4, 0.5) is 0 Å². The van der Waals surface area contributed by atoms with E-state index in [0.29, 0.717) is 22.9 Å². The van der Waals surface area contributed by atoms with Crippen LogP contribution in [-0.4, -0.2) is 22.4 Å². The van der Waals surface area contributed by atoms with Crippen molar-refractivity contribution in [1.29, 1.82) is 0 Å². The van der Waals surface area contributed by atoms with Gasteiger partial charge in [-0.15, -0.1) is 11.6 Å². The first kappa shape index (κ1) is 13.9. The number of halogens is 2. The molecule has 19 heavy (non-hydrogen) atoms. The van der Waals surface area contributed by atoms with Crippen LogP contribution >= 0.6 is 23.2 Å². The Kier molecular flexibility index (Phi) is 4.45. The van der Waals surface area contributed by atoms with Gasteiger partial charge in [0.2, 0.25) is 0 Å². The summed E-state index contributed by atoms with van der Waals surface area (Å²) < 4.78 is 6.54. The molecule has 0 aliphatic rings. The number of aromatic nitrogens is 2. The summed E-state index contributed by atoms with van der Waals surface area (Å²) >= 11 is 11.7. The van der Waals surface area contributed by atoms with Gasteiger partial charge in [0.15, 0.2) is 5.69 Å². The third-order valence-electron chi connectivity index (χ3n) is 2.53. The summed E-state index contributed by atoms with van der Waals surface area (Å²) in [6, 6.07) is 7.01. The van der Waals surface area contributed by atoms with Crippen LogP contribution in [0.25, 0.3) is 5.69 Å². The maximum absolute atomic E-state index is 12.0. The van der Waals surface area contributed by atoms with Gasteiger partial charge in [-0.25, -0.2) is 9.48 Å². The molecule has 0 saturated carbocycles. The normalized spacial score (nSPS) is 10.5. The van der Waals surface area contributed by atoms with E-state index in [9.17, 15) is 4.79 Å². The van der Waals surface area contributed by atoms with Crippen LogP contribution in [0.15, 0.2) is 30.5 Å². The van der Waals surface area contributed by atoms with Gasteiger partial charge in [0.1, 0.15) is 0 Å². The fourth-order valence-electron chi connectivity index (χ4n) is 1.68. The smallest absolute Gasteiger partial charge is 0.357 e. The number of ether oxygens (including phenoxy) is 1. The first-order valence-electron chi connectivity index (χ1n) is 5.73. The first-order chi connectivity index (χ1) is 9.17. The fourth-order valence-corrected chi connectivity index (χ4v) is 2.00. The van der Waals surface area contributed by atoms with Gasteiger partial charge < -0.3 is 4.74 Å². The van der Waals surface area contributed by atoms with Crippen LogP contribution in [0.5, 0.6) is 0 Å². The molecular formula is C13H12Cl2N2O2. The van der Waals surface area contributed by atoms with Crippen molar-refractivity contribution >= 4 is 29.2 Å². The van der Waals surface area contributed by atoms with Gasteiger partial charge in [0, 0.05) is 10.6 Å². The summed E-state index contributed by atoms with van der Waals surface area (Å²) in [6.45, 7) is 2.05. The average molecular weight is 299 g/mol.